The molecule has 2 fully saturated rings. The van der Waals surface area contributed by atoms with Crippen LogP contribution < -0.4 is 5.32 Å². The summed E-state index contributed by atoms with van der Waals surface area (Å²) in [5.41, 5.74) is 0.530. The molecule has 5 nitrogen and oxygen atoms in total. The number of halogens is 1. The molecule has 3 rings (SSSR count). The number of imide groups is 1. The van der Waals surface area contributed by atoms with Gasteiger partial charge in [0.2, 0.25) is 17.7 Å². The number of likely N-dealkylation sites (tertiary alicyclic amines) is 1. The zero-order chi connectivity index (χ0) is 20.1. The predicted octanol–water partition coefficient (Wildman–Crippen LogP) is 2.78. The smallest absolute Gasteiger partial charge is 0.243 e. The van der Waals surface area contributed by atoms with E-state index in [0.29, 0.717) is 24.2 Å². The van der Waals surface area contributed by atoms with Gasteiger partial charge in [-0.1, -0.05) is 31.0 Å². The lowest BCUT2D eigenvalue weighted by Gasteiger charge is -2.26. The highest BCUT2D eigenvalue weighted by Crippen LogP contribution is 2.39. The molecule has 1 heterocycles. The summed E-state index contributed by atoms with van der Waals surface area (Å²) in [6.07, 6.45) is 6.10. The molecule has 3 atom stereocenters. The van der Waals surface area contributed by atoms with Gasteiger partial charge in [-0.15, -0.1) is 0 Å². The number of fused-ring (bicyclic) bond motifs is 1. The van der Waals surface area contributed by atoms with E-state index < -0.39 is 6.04 Å². The van der Waals surface area contributed by atoms with E-state index in [4.69, 9.17) is 0 Å². The van der Waals surface area contributed by atoms with Crippen LogP contribution in [0.3, 0.4) is 0 Å². The lowest BCUT2D eigenvalue weighted by atomic mass is 9.81. The second-order valence-corrected chi connectivity index (χ2v) is 8.46. The van der Waals surface area contributed by atoms with Gasteiger partial charge in [0.15, 0.2) is 0 Å². The van der Waals surface area contributed by atoms with Crippen LogP contribution >= 0.6 is 11.8 Å². The minimum absolute atomic E-state index is 0.190. The van der Waals surface area contributed by atoms with Gasteiger partial charge in [-0.05, 0) is 49.3 Å². The lowest BCUT2D eigenvalue weighted by Crippen LogP contribution is -2.50. The minimum atomic E-state index is -0.779. The number of benzene rings is 1. The van der Waals surface area contributed by atoms with Crippen LogP contribution in [-0.2, 0) is 20.8 Å². The van der Waals surface area contributed by atoms with Crippen molar-refractivity contribution in [1.82, 2.24) is 10.2 Å². The summed E-state index contributed by atoms with van der Waals surface area (Å²) in [4.78, 5) is 39.8. The second kappa shape index (κ2) is 9.54. The molecule has 0 spiro atoms. The summed E-state index contributed by atoms with van der Waals surface area (Å²) in [5.74, 6) is -0.850. The first-order valence-corrected chi connectivity index (χ1v) is 11.3. The number of rotatable bonds is 8. The molecule has 1 aliphatic carbocycles. The van der Waals surface area contributed by atoms with E-state index in [0.717, 1.165) is 25.7 Å². The van der Waals surface area contributed by atoms with Crippen LogP contribution in [0.4, 0.5) is 4.39 Å². The highest BCUT2D eigenvalue weighted by atomic mass is 32.2. The number of carbonyl (C=O) groups excluding carboxylic acids is 3. The molecule has 1 N–H and O–H groups in total. The quantitative estimate of drug-likeness (QED) is 0.674. The van der Waals surface area contributed by atoms with Gasteiger partial charge >= 0.3 is 0 Å². The average molecular weight is 407 g/mol. The van der Waals surface area contributed by atoms with Gasteiger partial charge in [0, 0.05) is 6.54 Å². The van der Waals surface area contributed by atoms with Crippen molar-refractivity contribution in [2.24, 2.45) is 11.8 Å². The third-order valence-corrected chi connectivity index (χ3v) is 6.38. The Morgan fingerprint density at radius 3 is 2.46 bits per heavy atom. The Morgan fingerprint density at radius 1 is 1.21 bits per heavy atom. The number of nitrogens with one attached hydrogen (secondary N) is 1. The Balaban J connectivity index is 1.67. The van der Waals surface area contributed by atoms with Gasteiger partial charge in [0.1, 0.15) is 11.9 Å². The minimum Gasteiger partial charge on any atom is -0.354 e. The van der Waals surface area contributed by atoms with E-state index in [9.17, 15) is 18.8 Å². The molecular formula is C21H27FN2O3S. The molecule has 1 aromatic rings. The molecule has 0 aromatic heterocycles. The number of amides is 3. The third-order valence-electron chi connectivity index (χ3n) is 5.74. The SMILES string of the molecule is CSCCC(C(=O)NCCc1ccccc1F)N1C(=O)C2CCCCC2C1=O. The number of hydrogen-bond acceptors (Lipinski definition) is 4. The van der Waals surface area contributed by atoms with Crippen molar-refractivity contribution in [3.63, 3.8) is 0 Å². The molecule has 2 aliphatic rings. The van der Waals surface area contributed by atoms with Crippen molar-refractivity contribution < 1.29 is 18.8 Å². The summed E-state index contributed by atoms with van der Waals surface area (Å²) in [6, 6.07) is 5.68. The van der Waals surface area contributed by atoms with Crippen molar-refractivity contribution in [2.75, 3.05) is 18.6 Å². The molecule has 0 radical (unpaired) electrons. The Bertz CT molecular complexity index is 718. The number of hydrogen-bond donors (Lipinski definition) is 1. The lowest BCUT2D eigenvalue weighted by molar-refractivity contribution is -0.148. The molecule has 28 heavy (non-hydrogen) atoms. The Labute approximate surface area is 169 Å². The van der Waals surface area contributed by atoms with Crippen LogP contribution in [0.2, 0.25) is 0 Å². The van der Waals surface area contributed by atoms with Gasteiger partial charge < -0.3 is 5.32 Å². The van der Waals surface area contributed by atoms with Crippen LogP contribution in [0.1, 0.15) is 37.7 Å². The first-order valence-electron chi connectivity index (χ1n) is 9.91. The van der Waals surface area contributed by atoms with Crippen molar-refractivity contribution in [2.45, 2.75) is 44.6 Å². The van der Waals surface area contributed by atoms with E-state index in [1.54, 1.807) is 30.0 Å². The van der Waals surface area contributed by atoms with Crippen molar-refractivity contribution >= 4 is 29.5 Å². The highest BCUT2D eigenvalue weighted by molar-refractivity contribution is 7.98. The number of nitrogens with zero attached hydrogens (tertiary/aromatic N) is 1. The predicted molar refractivity (Wildman–Crippen MR) is 107 cm³/mol. The van der Waals surface area contributed by atoms with Gasteiger partial charge in [-0.25, -0.2) is 4.39 Å². The highest BCUT2D eigenvalue weighted by Gasteiger charge is 2.51. The largest absolute Gasteiger partial charge is 0.354 e. The topological polar surface area (TPSA) is 66.5 Å². The third kappa shape index (κ3) is 4.40. The maximum absolute atomic E-state index is 13.7. The standard InChI is InChI=1S/C21H27FN2O3S/c1-28-13-11-18(19(25)23-12-10-14-6-2-5-9-17(14)22)24-20(26)15-7-3-4-8-16(15)21(24)27/h2,5-6,9,15-16,18H,3-4,7-8,10-13H2,1H3,(H,23,25). The summed E-state index contributed by atoms with van der Waals surface area (Å²) >= 11 is 1.58. The first kappa shape index (κ1) is 20.8. The van der Waals surface area contributed by atoms with Crippen LogP contribution in [0.25, 0.3) is 0 Å². The first-order chi connectivity index (χ1) is 13.5. The van der Waals surface area contributed by atoms with Gasteiger partial charge in [-0.2, -0.15) is 11.8 Å². The molecule has 1 saturated heterocycles. The van der Waals surface area contributed by atoms with E-state index >= 15 is 0 Å². The number of carbonyl (C=O) groups is 3. The van der Waals surface area contributed by atoms with E-state index in [1.165, 1.54) is 11.0 Å². The van der Waals surface area contributed by atoms with Gasteiger partial charge in [0.25, 0.3) is 0 Å². The van der Waals surface area contributed by atoms with Crippen LogP contribution in [0.15, 0.2) is 24.3 Å². The maximum atomic E-state index is 13.7. The molecule has 3 unspecified atom stereocenters. The molecule has 0 bridgehead atoms. The Kier molecular flexibility index (Phi) is 7.10. The fourth-order valence-corrected chi connectivity index (χ4v) is 4.70. The normalized spacial score (nSPS) is 22.9. The molecular weight excluding hydrogens is 379 g/mol. The Morgan fingerprint density at radius 2 is 1.86 bits per heavy atom. The Hall–Kier alpha value is -1.89. The van der Waals surface area contributed by atoms with Gasteiger partial charge in [0.05, 0.1) is 11.8 Å². The second-order valence-electron chi connectivity index (χ2n) is 7.47. The summed E-state index contributed by atoms with van der Waals surface area (Å²) in [5, 5.41) is 2.81. The van der Waals surface area contributed by atoms with Crippen molar-refractivity contribution in [1.29, 1.82) is 0 Å². The molecule has 3 amide bonds. The van der Waals surface area contributed by atoms with Crippen molar-refractivity contribution in [3.8, 4) is 0 Å². The molecule has 1 aromatic carbocycles. The maximum Gasteiger partial charge on any atom is 0.243 e. The van der Waals surface area contributed by atoms with E-state index in [1.807, 2.05) is 6.26 Å². The molecule has 7 heteroatoms. The fraction of sp³-hybridized carbons (Fsp3) is 0.571. The van der Waals surface area contributed by atoms with Crippen molar-refractivity contribution in [3.05, 3.63) is 35.6 Å². The zero-order valence-corrected chi connectivity index (χ0v) is 17.0. The summed E-state index contributed by atoms with van der Waals surface area (Å²) in [7, 11) is 0. The zero-order valence-electron chi connectivity index (χ0n) is 16.2. The summed E-state index contributed by atoms with van der Waals surface area (Å²) in [6.45, 7) is 0.263. The van der Waals surface area contributed by atoms with Crippen LogP contribution in [0, 0.1) is 17.7 Å². The van der Waals surface area contributed by atoms with Crippen LogP contribution in [0.5, 0.6) is 0 Å². The molecule has 152 valence electrons. The summed E-state index contributed by atoms with van der Waals surface area (Å²) < 4.78 is 13.7. The van der Waals surface area contributed by atoms with E-state index in [-0.39, 0.29) is 41.9 Å². The molecule has 1 aliphatic heterocycles. The number of thioether (sulfide) groups is 1. The monoisotopic (exact) mass is 406 g/mol. The van der Waals surface area contributed by atoms with Crippen LogP contribution in [-0.4, -0.2) is 47.2 Å². The molecule has 1 saturated carbocycles. The average Bonchev–Trinajstić information content (AvgIpc) is 2.95. The van der Waals surface area contributed by atoms with E-state index in [2.05, 4.69) is 5.32 Å². The fourth-order valence-electron chi connectivity index (χ4n) is 4.24. The van der Waals surface area contributed by atoms with Gasteiger partial charge in [-0.3, -0.25) is 19.3 Å².